The minimum Gasteiger partial charge on any atom is -0.298 e. The SMILES string of the molecule is CC1CCCC(N2CCN(Cc3cccc(F)c3)CC2)C1. The molecule has 2 nitrogen and oxygen atoms in total. The smallest absolute Gasteiger partial charge is 0.123 e. The molecule has 1 aliphatic heterocycles. The van der Waals surface area contributed by atoms with Crippen molar-refractivity contribution >= 4 is 0 Å². The van der Waals surface area contributed by atoms with Crippen molar-refractivity contribution in [2.45, 2.75) is 45.2 Å². The molecule has 2 fully saturated rings. The van der Waals surface area contributed by atoms with Crippen molar-refractivity contribution in [2.75, 3.05) is 26.2 Å². The van der Waals surface area contributed by atoms with E-state index in [9.17, 15) is 4.39 Å². The maximum absolute atomic E-state index is 13.2. The van der Waals surface area contributed by atoms with Gasteiger partial charge < -0.3 is 0 Å². The highest BCUT2D eigenvalue weighted by Crippen LogP contribution is 2.28. The van der Waals surface area contributed by atoms with Gasteiger partial charge >= 0.3 is 0 Å². The second-order valence-electron chi connectivity index (χ2n) is 6.87. The van der Waals surface area contributed by atoms with E-state index in [1.54, 1.807) is 6.07 Å². The van der Waals surface area contributed by atoms with Crippen LogP contribution in [0.3, 0.4) is 0 Å². The zero-order valence-corrected chi connectivity index (χ0v) is 13.1. The quantitative estimate of drug-likeness (QED) is 0.840. The van der Waals surface area contributed by atoms with E-state index in [1.807, 2.05) is 12.1 Å². The molecule has 2 aliphatic rings. The van der Waals surface area contributed by atoms with Gasteiger partial charge in [0.25, 0.3) is 0 Å². The van der Waals surface area contributed by atoms with E-state index in [2.05, 4.69) is 16.7 Å². The molecule has 1 aliphatic carbocycles. The third-order valence-electron chi connectivity index (χ3n) is 5.13. The highest BCUT2D eigenvalue weighted by atomic mass is 19.1. The summed E-state index contributed by atoms with van der Waals surface area (Å²) < 4.78 is 13.2. The summed E-state index contributed by atoms with van der Waals surface area (Å²) in [5, 5.41) is 0. The molecule has 3 rings (SSSR count). The van der Waals surface area contributed by atoms with E-state index in [0.717, 1.165) is 37.2 Å². The summed E-state index contributed by atoms with van der Waals surface area (Å²) >= 11 is 0. The number of piperazine rings is 1. The summed E-state index contributed by atoms with van der Waals surface area (Å²) in [4.78, 5) is 5.15. The number of hydrogen-bond acceptors (Lipinski definition) is 2. The normalized spacial score (nSPS) is 28.7. The number of hydrogen-bond donors (Lipinski definition) is 0. The Hall–Kier alpha value is -0.930. The summed E-state index contributed by atoms with van der Waals surface area (Å²) in [5.41, 5.74) is 1.09. The monoisotopic (exact) mass is 290 g/mol. The molecule has 21 heavy (non-hydrogen) atoms. The Morgan fingerprint density at radius 2 is 1.95 bits per heavy atom. The fourth-order valence-electron chi connectivity index (χ4n) is 3.91. The second kappa shape index (κ2) is 6.89. The lowest BCUT2D eigenvalue weighted by Gasteiger charge is -2.42. The molecule has 116 valence electrons. The van der Waals surface area contributed by atoms with E-state index in [0.29, 0.717) is 0 Å². The number of rotatable bonds is 3. The van der Waals surface area contributed by atoms with Crippen LogP contribution in [0.4, 0.5) is 4.39 Å². The fraction of sp³-hybridized carbons (Fsp3) is 0.667. The highest BCUT2D eigenvalue weighted by molar-refractivity contribution is 5.16. The lowest BCUT2D eigenvalue weighted by atomic mass is 9.86. The van der Waals surface area contributed by atoms with Crippen LogP contribution < -0.4 is 0 Å². The standard InChI is InChI=1S/C18H27FN2/c1-15-4-2-7-18(12-15)21-10-8-20(9-11-21)14-16-5-3-6-17(19)13-16/h3,5-6,13,15,18H,2,4,7-12,14H2,1H3. The third kappa shape index (κ3) is 4.04. The summed E-state index contributed by atoms with van der Waals surface area (Å²) in [6.07, 6.45) is 5.57. The molecule has 2 unspecified atom stereocenters. The van der Waals surface area contributed by atoms with Gasteiger partial charge in [0.2, 0.25) is 0 Å². The van der Waals surface area contributed by atoms with Gasteiger partial charge in [0.1, 0.15) is 5.82 Å². The van der Waals surface area contributed by atoms with Gasteiger partial charge in [-0.05, 0) is 36.5 Å². The summed E-state index contributed by atoms with van der Waals surface area (Å²) in [7, 11) is 0. The van der Waals surface area contributed by atoms with Crippen molar-refractivity contribution in [2.24, 2.45) is 5.92 Å². The first-order valence-electron chi connectivity index (χ1n) is 8.41. The van der Waals surface area contributed by atoms with Crippen molar-refractivity contribution in [1.29, 1.82) is 0 Å². The summed E-state index contributed by atoms with van der Waals surface area (Å²) in [6, 6.07) is 7.83. The largest absolute Gasteiger partial charge is 0.298 e. The number of halogens is 1. The van der Waals surface area contributed by atoms with Crippen molar-refractivity contribution in [3.05, 3.63) is 35.6 Å². The molecule has 0 bridgehead atoms. The average Bonchev–Trinajstić information content (AvgIpc) is 2.48. The predicted octanol–water partition coefficient (Wildman–Crippen LogP) is 3.52. The van der Waals surface area contributed by atoms with Crippen LogP contribution >= 0.6 is 0 Å². The Labute approximate surface area is 127 Å². The van der Waals surface area contributed by atoms with Gasteiger partial charge in [-0.3, -0.25) is 9.80 Å². The van der Waals surface area contributed by atoms with Crippen LogP contribution in [0.25, 0.3) is 0 Å². The minimum absolute atomic E-state index is 0.123. The first kappa shape index (κ1) is 15.0. The molecular weight excluding hydrogens is 263 g/mol. The Balaban J connectivity index is 1.48. The van der Waals surface area contributed by atoms with Crippen LogP contribution in [-0.2, 0) is 6.54 Å². The van der Waals surface area contributed by atoms with E-state index in [4.69, 9.17) is 0 Å². The predicted molar refractivity (Wildman–Crippen MR) is 84.7 cm³/mol. The number of nitrogens with zero attached hydrogens (tertiary/aromatic N) is 2. The van der Waals surface area contributed by atoms with Crippen molar-refractivity contribution in [3.63, 3.8) is 0 Å². The maximum atomic E-state index is 13.2. The van der Waals surface area contributed by atoms with Crippen LogP contribution in [0.2, 0.25) is 0 Å². The van der Waals surface area contributed by atoms with Gasteiger partial charge in [0.15, 0.2) is 0 Å². The fourth-order valence-corrected chi connectivity index (χ4v) is 3.91. The lowest BCUT2D eigenvalue weighted by Crippen LogP contribution is -2.50. The summed E-state index contributed by atoms with van der Waals surface area (Å²) in [6.45, 7) is 7.85. The highest BCUT2D eigenvalue weighted by Gasteiger charge is 2.27. The topological polar surface area (TPSA) is 6.48 Å². The molecule has 0 radical (unpaired) electrons. The zero-order chi connectivity index (χ0) is 14.7. The molecule has 1 saturated heterocycles. The van der Waals surface area contributed by atoms with Crippen LogP contribution in [0.1, 0.15) is 38.2 Å². The van der Waals surface area contributed by atoms with Crippen LogP contribution in [-0.4, -0.2) is 42.0 Å². The molecule has 0 spiro atoms. The van der Waals surface area contributed by atoms with Crippen molar-refractivity contribution in [3.8, 4) is 0 Å². The van der Waals surface area contributed by atoms with E-state index in [-0.39, 0.29) is 5.82 Å². The summed E-state index contributed by atoms with van der Waals surface area (Å²) in [5.74, 6) is 0.774. The van der Waals surface area contributed by atoms with Crippen LogP contribution in [0.5, 0.6) is 0 Å². The van der Waals surface area contributed by atoms with E-state index in [1.165, 1.54) is 44.8 Å². The van der Waals surface area contributed by atoms with Gasteiger partial charge in [0.05, 0.1) is 0 Å². The zero-order valence-electron chi connectivity index (χ0n) is 13.1. The molecule has 1 aromatic carbocycles. The molecule has 0 aromatic heterocycles. The Morgan fingerprint density at radius 3 is 2.67 bits per heavy atom. The third-order valence-corrected chi connectivity index (χ3v) is 5.13. The molecule has 1 aromatic rings. The van der Waals surface area contributed by atoms with Crippen molar-refractivity contribution < 1.29 is 4.39 Å². The van der Waals surface area contributed by atoms with Crippen LogP contribution in [0.15, 0.2) is 24.3 Å². The minimum atomic E-state index is -0.123. The Kier molecular flexibility index (Phi) is 4.91. The molecule has 2 atom stereocenters. The second-order valence-corrected chi connectivity index (χ2v) is 6.87. The van der Waals surface area contributed by atoms with Gasteiger partial charge in [0, 0.05) is 38.8 Å². The molecule has 0 amide bonds. The first-order chi connectivity index (χ1) is 10.2. The Bertz CT molecular complexity index is 454. The molecule has 0 N–H and O–H groups in total. The van der Waals surface area contributed by atoms with E-state index < -0.39 is 0 Å². The van der Waals surface area contributed by atoms with E-state index >= 15 is 0 Å². The van der Waals surface area contributed by atoms with Gasteiger partial charge in [-0.25, -0.2) is 4.39 Å². The number of benzene rings is 1. The van der Waals surface area contributed by atoms with Gasteiger partial charge in [-0.1, -0.05) is 31.9 Å². The lowest BCUT2D eigenvalue weighted by molar-refractivity contribution is 0.0659. The molecule has 1 saturated carbocycles. The first-order valence-corrected chi connectivity index (χ1v) is 8.41. The molecular formula is C18H27FN2. The van der Waals surface area contributed by atoms with Crippen molar-refractivity contribution in [1.82, 2.24) is 9.80 Å². The molecule has 3 heteroatoms. The molecule has 1 heterocycles. The Morgan fingerprint density at radius 1 is 1.14 bits per heavy atom. The van der Waals surface area contributed by atoms with Gasteiger partial charge in [-0.15, -0.1) is 0 Å². The average molecular weight is 290 g/mol. The maximum Gasteiger partial charge on any atom is 0.123 e. The van der Waals surface area contributed by atoms with Gasteiger partial charge in [-0.2, -0.15) is 0 Å². The van der Waals surface area contributed by atoms with Crippen LogP contribution in [0, 0.1) is 11.7 Å².